The van der Waals surface area contributed by atoms with Crippen LogP contribution in [-0.4, -0.2) is 49.1 Å². The van der Waals surface area contributed by atoms with Crippen LogP contribution in [0.15, 0.2) is 0 Å². The van der Waals surface area contributed by atoms with Crippen LogP contribution in [0.5, 0.6) is 0 Å². The average Bonchev–Trinajstić information content (AvgIpc) is 2.34. The molecule has 0 fully saturated rings. The van der Waals surface area contributed by atoms with E-state index in [0.717, 1.165) is 19.4 Å². The van der Waals surface area contributed by atoms with Gasteiger partial charge in [0.25, 0.3) is 0 Å². The van der Waals surface area contributed by atoms with Crippen molar-refractivity contribution in [1.29, 1.82) is 0 Å². The van der Waals surface area contributed by atoms with Crippen molar-refractivity contribution < 1.29 is 14.7 Å². The van der Waals surface area contributed by atoms with Crippen LogP contribution in [0.25, 0.3) is 0 Å². The Morgan fingerprint density at radius 3 is 2.16 bits per heavy atom. The van der Waals surface area contributed by atoms with Gasteiger partial charge in [-0.1, -0.05) is 13.8 Å². The number of carboxylic acids is 1. The molecule has 5 heteroatoms. The summed E-state index contributed by atoms with van der Waals surface area (Å²) in [7, 11) is 4.03. The van der Waals surface area contributed by atoms with Gasteiger partial charge in [-0.15, -0.1) is 0 Å². The van der Waals surface area contributed by atoms with E-state index in [2.05, 4.69) is 10.2 Å². The molecule has 0 aliphatic carbocycles. The summed E-state index contributed by atoms with van der Waals surface area (Å²) >= 11 is 0. The van der Waals surface area contributed by atoms with Crippen molar-refractivity contribution in [3.63, 3.8) is 0 Å². The fourth-order valence-corrected chi connectivity index (χ4v) is 2.03. The van der Waals surface area contributed by atoms with Gasteiger partial charge >= 0.3 is 5.97 Å². The molecule has 0 aromatic carbocycles. The summed E-state index contributed by atoms with van der Waals surface area (Å²) < 4.78 is 0. The van der Waals surface area contributed by atoms with E-state index in [-0.39, 0.29) is 12.3 Å². The van der Waals surface area contributed by atoms with Gasteiger partial charge in [0.15, 0.2) is 0 Å². The monoisotopic (exact) mass is 272 g/mol. The Labute approximate surface area is 116 Å². The lowest BCUT2D eigenvalue weighted by atomic mass is 9.79. The van der Waals surface area contributed by atoms with Gasteiger partial charge in [-0.3, -0.25) is 9.59 Å². The lowest BCUT2D eigenvalue weighted by molar-refractivity contribution is -0.152. The SMILES string of the molecule is CCC(CC)(CC(=O)NCCCCN(C)C)C(=O)O. The third-order valence-electron chi connectivity index (χ3n) is 3.66. The zero-order valence-electron chi connectivity index (χ0n) is 12.7. The van der Waals surface area contributed by atoms with Crippen molar-refractivity contribution in [3.05, 3.63) is 0 Å². The molecule has 0 aromatic heterocycles. The molecular formula is C14H28N2O3. The minimum absolute atomic E-state index is 0.0724. The molecule has 0 heterocycles. The third-order valence-corrected chi connectivity index (χ3v) is 3.66. The van der Waals surface area contributed by atoms with Gasteiger partial charge in [0.05, 0.1) is 5.41 Å². The average molecular weight is 272 g/mol. The van der Waals surface area contributed by atoms with Crippen molar-refractivity contribution in [2.75, 3.05) is 27.2 Å². The summed E-state index contributed by atoms with van der Waals surface area (Å²) in [6.45, 7) is 5.26. The maximum atomic E-state index is 11.8. The van der Waals surface area contributed by atoms with E-state index in [0.29, 0.717) is 19.4 Å². The molecule has 19 heavy (non-hydrogen) atoms. The summed E-state index contributed by atoms with van der Waals surface area (Å²) in [4.78, 5) is 25.2. The van der Waals surface area contributed by atoms with E-state index >= 15 is 0 Å². The number of nitrogens with one attached hydrogen (secondary N) is 1. The molecule has 0 saturated heterocycles. The number of carboxylic acid groups (broad SMARTS) is 1. The lowest BCUT2D eigenvalue weighted by Crippen LogP contribution is -2.37. The first kappa shape index (κ1) is 17.9. The van der Waals surface area contributed by atoms with E-state index in [4.69, 9.17) is 0 Å². The predicted octanol–water partition coefficient (Wildman–Crippen LogP) is 1.73. The number of rotatable bonds is 10. The number of carbonyl (C=O) groups excluding carboxylic acids is 1. The summed E-state index contributed by atoms with van der Waals surface area (Å²) in [5.74, 6) is -1.03. The summed E-state index contributed by atoms with van der Waals surface area (Å²) in [6, 6.07) is 0. The Bertz CT molecular complexity index is 286. The maximum Gasteiger partial charge on any atom is 0.310 e. The maximum absolute atomic E-state index is 11.8. The number of aliphatic carboxylic acids is 1. The molecule has 0 spiro atoms. The lowest BCUT2D eigenvalue weighted by Gasteiger charge is -2.25. The van der Waals surface area contributed by atoms with E-state index in [1.807, 2.05) is 27.9 Å². The fraction of sp³-hybridized carbons (Fsp3) is 0.857. The number of carbonyl (C=O) groups is 2. The van der Waals surface area contributed by atoms with Crippen LogP contribution < -0.4 is 5.32 Å². The van der Waals surface area contributed by atoms with Crippen LogP contribution in [0.1, 0.15) is 46.0 Å². The number of unbranched alkanes of at least 4 members (excludes halogenated alkanes) is 1. The van der Waals surface area contributed by atoms with Gasteiger partial charge in [0, 0.05) is 13.0 Å². The van der Waals surface area contributed by atoms with Crippen molar-refractivity contribution >= 4 is 11.9 Å². The highest BCUT2D eigenvalue weighted by atomic mass is 16.4. The first-order chi connectivity index (χ1) is 8.88. The molecule has 0 unspecified atom stereocenters. The minimum atomic E-state index is -0.909. The first-order valence-electron chi connectivity index (χ1n) is 7.02. The summed E-state index contributed by atoms with van der Waals surface area (Å²) in [5, 5.41) is 12.1. The van der Waals surface area contributed by atoms with Crippen LogP contribution in [0, 0.1) is 5.41 Å². The van der Waals surface area contributed by atoms with E-state index in [9.17, 15) is 14.7 Å². The quantitative estimate of drug-likeness (QED) is 0.594. The molecule has 0 aliphatic heterocycles. The van der Waals surface area contributed by atoms with Gasteiger partial charge in [-0.25, -0.2) is 0 Å². The number of hydrogen-bond donors (Lipinski definition) is 2. The van der Waals surface area contributed by atoms with Crippen LogP contribution in [-0.2, 0) is 9.59 Å². The normalized spacial score (nSPS) is 11.6. The summed E-state index contributed by atoms with van der Waals surface area (Å²) in [6.07, 6.45) is 2.98. The predicted molar refractivity (Wildman–Crippen MR) is 76.1 cm³/mol. The summed E-state index contributed by atoms with van der Waals surface area (Å²) in [5.41, 5.74) is -0.909. The molecule has 0 radical (unpaired) electrons. The van der Waals surface area contributed by atoms with E-state index in [1.165, 1.54) is 0 Å². The number of amides is 1. The number of nitrogens with zero attached hydrogens (tertiary/aromatic N) is 1. The highest BCUT2D eigenvalue weighted by molar-refractivity contribution is 5.84. The highest BCUT2D eigenvalue weighted by Crippen LogP contribution is 2.30. The molecule has 2 N–H and O–H groups in total. The van der Waals surface area contributed by atoms with Crippen molar-refractivity contribution in [1.82, 2.24) is 10.2 Å². The van der Waals surface area contributed by atoms with E-state index < -0.39 is 11.4 Å². The second-order valence-corrected chi connectivity index (χ2v) is 5.33. The molecule has 0 atom stereocenters. The Morgan fingerprint density at radius 2 is 1.74 bits per heavy atom. The molecular weight excluding hydrogens is 244 g/mol. The molecule has 0 bridgehead atoms. The number of hydrogen-bond acceptors (Lipinski definition) is 3. The molecule has 0 aromatic rings. The standard InChI is InChI=1S/C14H28N2O3/c1-5-14(6-2,13(18)19)11-12(17)15-9-7-8-10-16(3)4/h5-11H2,1-4H3,(H,15,17)(H,18,19). The Hall–Kier alpha value is -1.10. The highest BCUT2D eigenvalue weighted by Gasteiger charge is 2.36. The van der Waals surface area contributed by atoms with Crippen LogP contribution >= 0.6 is 0 Å². The van der Waals surface area contributed by atoms with Crippen molar-refractivity contribution in [2.45, 2.75) is 46.0 Å². The molecule has 1 amide bonds. The largest absolute Gasteiger partial charge is 0.481 e. The molecule has 0 saturated carbocycles. The minimum Gasteiger partial charge on any atom is -0.481 e. The molecule has 112 valence electrons. The molecule has 5 nitrogen and oxygen atoms in total. The molecule has 0 rings (SSSR count). The van der Waals surface area contributed by atoms with Gasteiger partial charge in [0.2, 0.25) is 5.91 Å². The van der Waals surface area contributed by atoms with Crippen LogP contribution in [0.3, 0.4) is 0 Å². The fourth-order valence-electron chi connectivity index (χ4n) is 2.03. The van der Waals surface area contributed by atoms with E-state index in [1.54, 1.807) is 0 Å². The topological polar surface area (TPSA) is 69.6 Å². The zero-order valence-corrected chi connectivity index (χ0v) is 12.7. The second kappa shape index (κ2) is 8.91. The zero-order chi connectivity index (χ0) is 14.9. The van der Waals surface area contributed by atoms with Crippen molar-refractivity contribution in [2.24, 2.45) is 5.41 Å². The molecule has 0 aliphatic rings. The van der Waals surface area contributed by atoms with Crippen molar-refractivity contribution in [3.8, 4) is 0 Å². The van der Waals surface area contributed by atoms with Gasteiger partial charge in [0.1, 0.15) is 0 Å². The third kappa shape index (κ3) is 6.57. The smallest absolute Gasteiger partial charge is 0.310 e. The van der Waals surface area contributed by atoms with Gasteiger partial charge in [-0.2, -0.15) is 0 Å². The Balaban J connectivity index is 4.05. The first-order valence-corrected chi connectivity index (χ1v) is 7.02. The van der Waals surface area contributed by atoms with Crippen LogP contribution in [0.2, 0.25) is 0 Å². The van der Waals surface area contributed by atoms with Gasteiger partial charge < -0.3 is 15.3 Å². The second-order valence-electron chi connectivity index (χ2n) is 5.33. The Kier molecular flexibility index (Phi) is 8.39. The Morgan fingerprint density at radius 1 is 1.16 bits per heavy atom. The van der Waals surface area contributed by atoms with Crippen LogP contribution in [0.4, 0.5) is 0 Å². The van der Waals surface area contributed by atoms with Gasteiger partial charge in [-0.05, 0) is 46.3 Å².